The van der Waals surface area contributed by atoms with Crippen LogP contribution in [0.2, 0.25) is 0 Å². The minimum absolute atomic E-state index is 0.0704. The van der Waals surface area contributed by atoms with Gasteiger partial charge in [-0.05, 0) is 6.08 Å². The smallest absolute Gasteiger partial charge is 0.191 e. The summed E-state index contributed by atoms with van der Waals surface area (Å²) in [7, 11) is 0. The zero-order valence-corrected chi connectivity index (χ0v) is 11.1. The van der Waals surface area contributed by atoms with Gasteiger partial charge in [0.05, 0.1) is 11.1 Å². The lowest BCUT2D eigenvalue weighted by Crippen LogP contribution is -2.26. The Morgan fingerprint density at radius 2 is 1.86 bits per heavy atom. The number of nitrogens with one attached hydrogen (secondary N) is 2. The van der Waals surface area contributed by atoms with Crippen LogP contribution in [-0.4, -0.2) is 22.3 Å². The van der Waals surface area contributed by atoms with Crippen LogP contribution in [-0.2, 0) is 4.79 Å². The van der Waals surface area contributed by atoms with Crippen molar-refractivity contribution in [2.75, 3.05) is 11.4 Å². The van der Waals surface area contributed by atoms with Crippen LogP contribution in [0.1, 0.15) is 6.42 Å². The van der Waals surface area contributed by atoms with E-state index in [0.29, 0.717) is 29.9 Å². The first kappa shape index (κ1) is 13.1. The molecule has 2 aromatic rings. The Bertz CT molecular complexity index is 832. The summed E-state index contributed by atoms with van der Waals surface area (Å²) in [5.41, 5.74) is 0.188. The van der Waals surface area contributed by atoms with Gasteiger partial charge >= 0.3 is 0 Å². The van der Waals surface area contributed by atoms with E-state index in [1.54, 1.807) is 11.1 Å². The highest BCUT2D eigenvalue weighted by molar-refractivity contribution is 5.91. The van der Waals surface area contributed by atoms with Crippen molar-refractivity contribution in [3.05, 3.63) is 63.4 Å². The van der Waals surface area contributed by atoms with Gasteiger partial charge in [0.1, 0.15) is 5.82 Å². The molecule has 0 saturated heterocycles. The number of hydrogen-bond donors (Lipinski definition) is 2. The Balaban J connectivity index is 2.00. The van der Waals surface area contributed by atoms with Gasteiger partial charge in [-0.1, -0.05) is 0 Å². The highest BCUT2D eigenvalue weighted by atomic mass is 16.1. The van der Waals surface area contributed by atoms with Crippen molar-refractivity contribution in [2.45, 2.75) is 6.42 Å². The minimum atomic E-state index is -0.245. The molecule has 3 heterocycles. The summed E-state index contributed by atoms with van der Waals surface area (Å²) >= 11 is 0. The summed E-state index contributed by atoms with van der Waals surface area (Å²) in [6.07, 6.45) is 8.09. The Labute approximate surface area is 119 Å². The fraction of sp³-hybridized carbons (Fsp3) is 0.133. The van der Waals surface area contributed by atoms with Crippen LogP contribution in [0.15, 0.2) is 52.6 Å². The lowest BCUT2D eigenvalue weighted by atomic mass is 10.1. The maximum Gasteiger partial charge on any atom is 0.191 e. The third-order valence-electron chi connectivity index (χ3n) is 3.36. The SMILES string of the molecule is O=C1C=CN(c2cc(=O)c(-c3c[nH]ccc3=O)c[nH]2)CC1. The van der Waals surface area contributed by atoms with E-state index in [1.807, 2.05) is 0 Å². The molecule has 0 spiro atoms. The molecule has 0 amide bonds. The summed E-state index contributed by atoms with van der Waals surface area (Å²) < 4.78 is 0. The van der Waals surface area contributed by atoms with E-state index >= 15 is 0 Å². The van der Waals surface area contributed by atoms with Crippen LogP contribution >= 0.6 is 0 Å². The summed E-state index contributed by atoms with van der Waals surface area (Å²) in [6, 6.07) is 2.81. The van der Waals surface area contributed by atoms with Crippen molar-refractivity contribution in [3.63, 3.8) is 0 Å². The molecule has 6 nitrogen and oxygen atoms in total. The number of allylic oxidation sites excluding steroid dienone is 1. The summed E-state index contributed by atoms with van der Waals surface area (Å²) in [5, 5.41) is 0. The van der Waals surface area contributed by atoms with Crippen LogP contribution in [0.3, 0.4) is 0 Å². The Hall–Kier alpha value is -2.89. The maximum atomic E-state index is 12.2. The number of aromatic nitrogens is 2. The number of carbonyl (C=O) groups excluding carboxylic acids is 1. The number of anilines is 1. The first-order chi connectivity index (χ1) is 10.1. The second-order valence-electron chi connectivity index (χ2n) is 4.74. The van der Waals surface area contributed by atoms with Gasteiger partial charge in [0.25, 0.3) is 0 Å². The predicted molar refractivity (Wildman–Crippen MR) is 79.2 cm³/mol. The largest absolute Gasteiger partial charge is 0.367 e. The number of H-pyrrole nitrogens is 2. The Morgan fingerprint density at radius 3 is 2.52 bits per heavy atom. The number of nitrogens with zero attached hydrogens (tertiary/aromatic N) is 1. The average molecular weight is 283 g/mol. The second-order valence-corrected chi connectivity index (χ2v) is 4.74. The van der Waals surface area contributed by atoms with Crippen molar-refractivity contribution in [1.29, 1.82) is 0 Å². The van der Waals surface area contributed by atoms with Crippen LogP contribution in [0.5, 0.6) is 0 Å². The first-order valence-electron chi connectivity index (χ1n) is 6.53. The van der Waals surface area contributed by atoms with Gasteiger partial charge < -0.3 is 14.9 Å². The van der Waals surface area contributed by atoms with E-state index in [9.17, 15) is 14.4 Å². The lowest BCUT2D eigenvalue weighted by molar-refractivity contribution is -0.114. The quantitative estimate of drug-likeness (QED) is 0.861. The summed E-state index contributed by atoms with van der Waals surface area (Å²) in [6.45, 7) is 0.524. The van der Waals surface area contributed by atoms with E-state index in [4.69, 9.17) is 0 Å². The van der Waals surface area contributed by atoms with E-state index in [-0.39, 0.29) is 16.6 Å². The van der Waals surface area contributed by atoms with Crippen molar-refractivity contribution in [3.8, 4) is 11.1 Å². The van der Waals surface area contributed by atoms with Gasteiger partial charge in [-0.15, -0.1) is 0 Å². The first-order valence-corrected chi connectivity index (χ1v) is 6.53. The highest BCUT2D eigenvalue weighted by Crippen LogP contribution is 2.15. The molecular weight excluding hydrogens is 270 g/mol. The monoisotopic (exact) mass is 283 g/mol. The minimum Gasteiger partial charge on any atom is -0.367 e. The zero-order chi connectivity index (χ0) is 14.8. The van der Waals surface area contributed by atoms with Crippen molar-refractivity contribution in [1.82, 2.24) is 9.97 Å². The number of carbonyl (C=O) groups is 1. The van der Waals surface area contributed by atoms with Gasteiger partial charge in [-0.25, -0.2) is 0 Å². The van der Waals surface area contributed by atoms with Gasteiger partial charge in [-0.2, -0.15) is 0 Å². The molecule has 6 heteroatoms. The van der Waals surface area contributed by atoms with Crippen LogP contribution in [0.4, 0.5) is 5.82 Å². The molecule has 1 aliphatic rings. The molecule has 106 valence electrons. The highest BCUT2D eigenvalue weighted by Gasteiger charge is 2.14. The normalized spacial score (nSPS) is 14.5. The third-order valence-corrected chi connectivity index (χ3v) is 3.36. The zero-order valence-electron chi connectivity index (χ0n) is 11.1. The van der Waals surface area contributed by atoms with E-state index < -0.39 is 0 Å². The molecule has 1 aliphatic heterocycles. The van der Waals surface area contributed by atoms with Gasteiger partial charge in [0, 0.05) is 49.9 Å². The van der Waals surface area contributed by atoms with Gasteiger partial charge in [0.2, 0.25) is 0 Å². The number of rotatable bonds is 2. The van der Waals surface area contributed by atoms with Crippen molar-refractivity contribution < 1.29 is 4.79 Å². The summed E-state index contributed by atoms with van der Waals surface area (Å²) in [5.74, 6) is 0.667. The summed E-state index contributed by atoms with van der Waals surface area (Å²) in [4.78, 5) is 42.7. The average Bonchev–Trinajstić information content (AvgIpc) is 2.49. The number of hydrogen-bond acceptors (Lipinski definition) is 4. The van der Waals surface area contributed by atoms with Gasteiger partial charge in [0.15, 0.2) is 16.6 Å². The van der Waals surface area contributed by atoms with Crippen LogP contribution in [0, 0.1) is 0 Å². The van der Waals surface area contributed by atoms with Crippen LogP contribution in [0.25, 0.3) is 11.1 Å². The standard InChI is InChI=1S/C15H13N3O3/c19-10-2-5-18(6-3-10)15-7-14(21)12(9-17-15)11-8-16-4-1-13(11)20/h1-2,4-5,7-9H,3,6H2,(H,16,20)(H,17,21). The fourth-order valence-electron chi connectivity index (χ4n) is 2.23. The number of ketones is 1. The van der Waals surface area contributed by atoms with E-state index in [1.165, 1.54) is 36.8 Å². The molecule has 2 aromatic heterocycles. The molecule has 0 bridgehead atoms. The van der Waals surface area contributed by atoms with Crippen LogP contribution < -0.4 is 15.8 Å². The maximum absolute atomic E-state index is 12.2. The van der Waals surface area contributed by atoms with Crippen molar-refractivity contribution >= 4 is 11.6 Å². The molecule has 0 radical (unpaired) electrons. The van der Waals surface area contributed by atoms with Gasteiger partial charge in [-0.3, -0.25) is 14.4 Å². The molecule has 0 aliphatic carbocycles. The lowest BCUT2D eigenvalue weighted by Gasteiger charge is -2.22. The third kappa shape index (κ3) is 2.55. The molecule has 0 atom stereocenters. The molecule has 21 heavy (non-hydrogen) atoms. The second kappa shape index (κ2) is 5.24. The molecule has 3 rings (SSSR count). The molecule has 0 fully saturated rings. The molecule has 0 saturated carbocycles. The Kier molecular flexibility index (Phi) is 3.27. The van der Waals surface area contributed by atoms with E-state index in [0.717, 1.165) is 0 Å². The molecular formula is C15H13N3O3. The Morgan fingerprint density at radius 1 is 1.05 bits per heavy atom. The molecule has 0 unspecified atom stereocenters. The topological polar surface area (TPSA) is 86.0 Å². The predicted octanol–water partition coefficient (Wildman–Crippen LogP) is 1.02. The molecule has 0 aromatic carbocycles. The van der Waals surface area contributed by atoms with E-state index in [2.05, 4.69) is 9.97 Å². The molecule has 2 N–H and O–H groups in total. The van der Waals surface area contributed by atoms with Crippen molar-refractivity contribution in [2.24, 2.45) is 0 Å². The fourth-order valence-corrected chi connectivity index (χ4v) is 2.23. The number of pyridine rings is 2. The number of aromatic amines is 2.